The Labute approximate surface area is 168 Å². The zero-order valence-corrected chi connectivity index (χ0v) is 17.3. The van der Waals surface area contributed by atoms with E-state index in [2.05, 4.69) is 15.0 Å². The number of H-pyrrole nitrogens is 1. The van der Waals surface area contributed by atoms with Crippen molar-refractivity contribution in [3.8, 4) is 0 Å². The fourth-order valence-corrected chi connectivity index (χ4v) is 3.58. The number of aromatic amines is 1. The Morgan fingerprint density at radius 3 is 2.21 bits per heavy atom. The van der Waals surface area contributed by atoms with E-state index in [4.69, 9.17) is 4.74 Å². The topological polar surface area (TPSA) is 134 Å². The van der Waals surface area contributed by atoms with Crippen LogP contribution < -0.4 is 10.0 Å². The quantitative estimate of drug-likeness (QED) is 0.441. The van der Waals surface area contributed by atoms with Crippen molar-refractivity contribution in [2.45, 2.75) is 44.7 Å². The fraction of sp³-hybridized carbons (Fsp3) is 0.316. The number of amides is 1. The monoisotopic (exact) mass is 421 g/mol. The van der Waals surface area contributed by atoms with Crippen molar-refractivity contribution in [1.29, 1.82) is 0 Å². The first-order valence-corrected chi connectivity index (χ1v) is 10.3. The standard InChI is InChI=1S/C19H23N3O6S/c1-11(2)22-29(26,27)16-7-5-15(6-8-16)21-18(24)13(4)28-19(25)17-9-14(10-20-17)12(3)23/h5-11,13,20,22H,1-4H3,(H,21,24)/t13-/m1/s1. The fourth-order valence-electron chi connectivity index (χ4n) is 2.33. The average molecular weight is 421 g/mol. The lowest BCUT2D eigenvalue weighted by atomic mass is 10.2. The second kappa shape index (κ2) is 9.01. The molecule has 0 saturated carbocycles. The van der Waals surface area contributed by atoms with Crippen LogP contribution in [0.1, 0.15) is 48.5 Å². The summed E-state index contributed by atoms with van der Waals surface area (Å²) in [6, 6.07) is 6.69. The minimum absolute atomic E-state index is 0.0575. The molecule has 0 bridgehead atoms. The Kier molecular flexibility index (Phi) is 6.93. The molecule has 9 nitrogen and oxygen atoms in total. The molecule has 1 aromatic carbocycles. The molecular weight excluding hydrogens is 398 g/mol. The summed E-state index contributed by atoms with van der Waals surface area (Å²) in [5, 5.41) is 2.55. The third-order valence-corrected chi connectivity index (χ3v) is 5.46. The van der Waals surface area contributed by atoms with E-state index in [-0.39, 0.29) is 22.4 Å². The Balaban J connectivity index is 1.98. The van der Waals surface area contributed by atoms with Gasteiger partial charge in [0.15, 0.2) is 11.9 Å². The van der Waals surface area contributed by atoms with Crippen LogP contribution in [0.5, 0.6) is 0 Å². The molecule has 1 amide bonds. The van der Waals surface area contributed by atoms with E-state index in [1.807, 2.05) is 0 Å². The summed E-state index contributed by atoms with van der Waals surface area (Å²) < 4.78 is 31.8. The lowest BCUT2D eigenvalue weighted by Gasteiger charge is -2.14. The second-order valence-electron chi connectivity index (χ2n) is 6.70. The Morgan fingerprint density at radius 1 is 1.07 bits per heavy atom. The first-order valence-electron chi connectivity index (χ1n) is 8.83. The van der Waals surface area contributed by atoms with E-state index < -0.39 is 28.0 Å². The van der Waals surface area contributed by atoms with Crippen LogP contribution in [-0.2, 0) is 19.6 Å². The number of ketones is 1. The van der Waals surface area contributed by atoms with Gasteiger partial charge in [0.25, 0.3) is 5.91 Å². The third kappa shape index (κ3) is 6.00. The molecule has 2 aromatic rings. The molecule has 2 rings (SSSR count). The molecule has 3 N–H and O–H groups in total. The molecule has 10 heteroatoms. The zero-order valence-electron chi connectivity index (χ0n) is 16.5. The molecule has 0 unspecified atom stereocenters. The highest BCUT2D eigenvalue weighted by Gasteiger charge is 2.21. The Hall–Kier alpha value is -2.98. The van der Waals surface area contributed by atoms with Crippen LogP contribution >= 0.6 is 0 Å². The van der Waals surface area contributed by atoms with Gasteiger partial charge in [0, 0.05) is 23.5 Å². The molecule has 0 aliphatic carbocycles. The Morgan fingerprint density at radius 2 is 1.69 bits per heavy atom. The summed E-state index contributed by atoms with van der Waals surface area (Å²) in [6.45, 7) is 6.18. The van der Waals surface area contributed by atoms with Crippen LogP contribution in [0.25, 0.3) is 0 Å². The highest BCUT2D eigenvalue weighted by molar-refractivity contribution is 7.89. The average Bonchev–Trinajstić information content (AvgIpc) is 3.11. The van der Waals surface area contributed by atoms with Gasteiger partial charge in [0.2, 0.25) is 10.0 Å². The van der Waals surface area contributed by atoms with E-state index in [1.54, 1.807) is 13.8 Å². The predicted molar refractivity (Wildman–Crippen MR) is 106 cm³/mol. The van der Waals surface area contributed by atoms with Crippen molar-refractivity contribution < 1.29 is 27.5 Å². The van der Waals surface area contributed by atoms with E-state index in [9.17, 15) is 22.8 Å². The molecule has 156 valence electrons. The predicted octanol–water partition coefficient (Wildman–Crippen LogP) is 2.09. The summed E-state index contributed by atoms with van der Waals surface area (Å²) >= 11 is 0. The summed E-state index contributed by atoms with van der Waals surface area (Å²) in [7, 11) is -3.63. The van der Waals surface area contributed by atoms with E-state index in [1.165, 1.54) is 50.4 Å². The van der Waals surface area contributed by atoms with Crippen molar-refractivity contribution in [1.82, 2.24) is 9.71 Å². The first kappa shape index (κ1) is 22.3. The maximum absolute atomic E-state index is 12.2. The minimum atomic E-state index is -3.63. The van der Waals surface area contributed by atoms with Crippen molar-refractivity contribution in [2.75, 3.05) is 5.32 Å². The second-order valence-corrected chi connectivity index (χ2v) is 8.41. The van der Waals surface area contributed by atoms with Gasteiger partial charge in [-0.25, -0.2) is 17.9 Å². The lowest BCUT2D eigenvalue weighted by Crippen LogP contribution is -2.30. The number of ether oxygens (including phenoxy) is 1. The number of carbonyl (C=O) groups is 3. The zero-order chi connectivity index (χ0) is 21.8. The van der Waals surface area contributed by atoms with Gasteiger partial charge in [-0.2, -0.15) is 0 Å². The van der Waals surface area contributed by atoms with Crippen LogP contribution in [0.3, 0.4) is 0 Å². The Bertz CT molecular complexity index is 1010. The summed E-state index contributed by atoms with van der Waals surface area (Å²) in [4.78, 5) is 38.3. The smallest absolute Gasteiger partial charge is 0.355 e. The molecule has 0 radical (unpaired) electrons. The van der Waals surface area contributed by atoms with Gasteiger partial charge in [-0.15, -0.1) is 0 Å². The number of nitrogens with one attached hydrogen (secondary N) is 3. The third-order valence-electron chi connectivity index (χ3n) is 3.79. The number of aromatic nitrogens is 1. The largest absolute Gasteiger partial charge is 0.448 e. The van der Waals surface area contributed by atoms with Gasteiger partial charge in [-0.05, 0) is 58.0 Å². The highest BCUT2D eigenvalue weighted by Crippen LogP contribution is 2.15. The molecule has 0 fully saturated rings. The van der Waals surface area contributed by atoms with Crippen molar-refractivity contribution in [2.24, 2.45) is 0 Å². The van der Waals surface area contributed by atoms with Crippen LogP contribution in [0.2, 0.25) is 0 Å². The number of hydrogen-bond acceptors (Lipinski definition) is 6. The molecule has 0 saturated heterocycles. The van der Waals surface area contributed by atoms with E-state index in [0.29, 0.717) is 11.3 Å². The lowest BCUT2D eigenvalue weighted by molar-refractivity contribution is -0.123. The number of carbonyl (C=O) groups excluding carboxylic acids is 3. The number of esters is 1. The maximum atomic E-state index is 12.2. The summed E-state index contributed by atoms with van der Waals surface area (Å²) in [6.07, 6.45) is 0.269. The van der Waals surface area contributed by atoms with Crippen molar-refractivity contribution in [3.63, 3.8) is 0 Å². The van der Waals surface area contributed by atoms with Gasteiger partial charge in [0.1, 0.15) is 5.69 Å². The molecule has 1 aromatic heterocycles. The van der Waals surface area contributed by atoms with Crippen molar-refractivity contribution >= 4 is 33.4 Å². The number of Topliss-reactive ketones (excluding diaryl/α,β-unsaturated/α-hetero) is 1. The van der Waals surface area contributed by atoms with E-state index >= 15 is 0 Å². The minimum Gasteiger partial charge on any atom is -0.448 e. The molecule has 0 aliphatic heterocycles. The molecule has 29 heavy (non-hydrogen) atoms. The summed E-state index contributed by atoms with van der Waals surface area (Å²) in [5.74, 6) is -1.57. The van der Waals surface area contributed by atoms with Gasteiger partial charge in [0.05, 0.1) is 4.90 Å². The SMILES string of the molecule is CC(=O)c1c[nH]c(C(=O)O[C@H](C)C(=O)Nc2ccc(S(=O)(=O)NC(C)C)cc2)c1. The molecule has 0 spiro atoms. The van der Waals surface area contributed by atoms with Crippen LogP contribution in [0, 0.1) is 0 Å². The van der Waals surface area contributed by atoms with Gasteiger partial charge < -0.3 is 15.0 Å². The molecule has 0 aliphatic rings. The van der Waals surface area contributed by atoms with E-state index in [0.717, 1.165) is 0 Å². The van der Waals surface area contributed by atoms with Gasteiger partial charge in [-0.3, -0.25) is 9.59 Å². The summed E-state index contributed by atoms with van der Waals surface area (Å²) in [5.41, 5.74) is 0.734. The molecule has 1 atom stereocenters. The highest BCUT2D eigenvalue weighted by atomic mass is 32.2. The number of rotatable bonds is 8. The van der Waals surface area contributed by atoms with Crippen LogP contribution in [0.4, 0.5) is 5.69 Å². The van der Waals surface area contributed by atoms with Crippen molar-refractivity contribution in [3.05, 3.63) is 47.8 Å². The number of hydrogen-bond donors (Lipinski definition) is 3. The van der Waals surface area contributed by atoms with Gasteiger partial charge >= 0.3 is 5.97 Å². The van der Waals surface area contributed by atoms with Crippen LogP contribution in [-0.4, -0.2) is 43.2 Å². The number of benzene rings is 1. The maximum Gasteiger partial charge on any atom is 0.355 e. The van der Waals surface area contributed by atoms with Crippen LogP contribution in [0.15, 0.2) is 41.4 Å². The first-order chi connectivity index (χ1) is 13.5. The van der Waals surface area contributed by atoms with Gasteiger partial charge in [-0.1, -0.05) is 0 Å². The number of anilines is 1. The normalized spacial score (nSPS) is 12.4. The molecular formula is C19H23N3O6S. The number of sulfonamides is 1. The molecule has 1 heterocycles.